The highest BCUT2D eigenvalue weighted by Gasteiger charge is 2.01. The average molecular weight is 212 g/mol. The molecule has 0 aliphatic heterocycles. The van der Waals surface area contributed by atoms with Crippen LogP contribution in [0.25, 0.3) is 0 Å². The van der Waals surface area contributed by atoms with Crippen LogP contribution < -0.4 is 4.74 Å². The Morgan fingerprint density at radius 3 is 3.00 bits per heavy atom. The molecule has 1 N–H and O–H groups in total. The van der Waals surface area contributed by atoms with E-state index in [4.69, 9.17) is 14.6 Å². The molecule has 0 radical (unpaired) electrons. The van der Waals surface area contributed by atoms with Crippen molar-refractivity contribution < 1.29 is 19.4 Å². The summed E-state index contributed by atoms with van der Waals surface area (Å²) in [5.74, 6) is -0.542. The van der Waals surface area contributed by atoms with Crippen molar-refractivity contribution in [1.82, 2.24) is 9.97 Å². The Bertz CT molecular complexity index is 330. The molecule has 0 fully saturated rings. The third-order valence-corrected chi connectivity index (χ3v) is 1.56. The Morgan fingerprint density at radius 2 is 2.33 bits per heavy atom. The summed E-state index contributed by atoms with van der Waals surface area (Å²) in [6.07, 6.45) is 1.30. The van der Waals surface area contributed by atoms with E-state index >= 15 is 0 Å². The van der Waals surface area contributed by atoms with Crippen molar-refractivity contribution in [3.8, 4) is 5.88 Å². The van der Waals surface area contributed by atoms with Crippen LogP contribution in [0.15, 0.2) is 12.4 Å². The molecule has 1 aromatic heterocycles. The number of ether oxygens (including phenoxy) is 2. The van der Waals surface area contributed by atoms with Crippen LogP contribution in [0.4, 0.5) is 0 Å². The Kier molecular flexibility index (Phi) is 4.49. The lowest BCUT2D eigenvalue weighted by Gasteiger charge is -2.04. The first-order valence-corrected chi connectivity index (χ1v) is 4.37. The second kappa shape index (κ2) is 5.92. The Hall–Kier alpha value is -1.69. The third-order valence-electron chi connectivity index (χ3n) is 1.56. The fraction of sp³-hybridized carbons (Fsp3) is 0.444. The van der Waals surface area contributed by atoms with E-state index in [0.29, 0.717) is 18.2 Å². The van der Waals surface area contributed by atoms with Crippen LogP contribution in [0.5, 0.6) is 5.88 Å². The van der Waals surface area contributed by atoms with Crippen molar-refractivity contribution in [3.05, 3.63) is 18.1 Å². The topological polar surface area (TPSA) is 81.5 Å². The van der Waals surface area contributed by atoms with Gasteiger partial charge in [0.05, 0.1) is 18.7 Å². The summed E-state index contributed by atoms with van der Waals surface area (Å²) < 4.78 is 10.0. The molecule has 6 heteroatoms. The quantitative estimate of drug-likeness (QED) is 0.738. The maximum atomic E-state index is 10.2. The maximum Gasteiger partial charge on any atom is 0.306 e. The van der Waals surface area contributed by atoms with Gasteiger partial charge in [0.2, 0.25) is 5.88 Å². The molecule has 1 aromatic rings. The Morgan fingerprint density at radius 1 is 1.53 bits per heavy atom. The minimum Gasteiger partial charge on any atom is -0.481 e. The molecule has 0 amide bonds. The van der Waals surface area contributed by atoms with E-state index in [0.717, 1.165) is 0 Å². The number of nitrogens with zero attached hydrogens (tertiary/aromatic N) is 2. The number of carbonyl (C=O) groups is 1. The second-order valence-corrected chi connectivity index (χ2v) is 2.77. The zero-order chi connectivity index (χ0) is 11.1. The Labute approximate surface area is 86.9 Å². The molecule has 82 valence electrons. The second-order valence-electron chi connectivity index (χ2n) is 2.77. The first kappa shape index (κ1) is 11.4. The molecular weight excluding hydrogens is 200 g/mol. The number of rotatable bonds is 6. The van der Waals surface area contributed by atoms with Crippen molar-refractivity contribution >= 4 is 5.97 Å². The molecule has 0 bridgehead atoms. The fourth-order valence-electron chi connectivity index (χ4n) is 0.926. The number of carboxylic acids is 1. The van der Waals surface area contributed by atoms with Crippen molar-refractivity contribution in [2.75, 3.05) is 13.7 Å². The molecule has 6 nitrogen and oxygen atoms in total. The van der Waals surface area contributed by atoms with E-state index in [1.165, 1.54) is 6.33 Å². The molecule has 0 saturated carbocycles. The van der Waals surface area contributed by atoms with Crippen molar-refractivity contribution in [2.24, 2.45) is 0 Å². The molecule has 0 atom stereocenters. The van der Waals surface area contributed by atoms with Crippen LogP contribution in [0.2, 0.25) is 0 Å². The number of hydrogen-bond donors (Lipinski definition) is 1. The largest absolute Gasteiger partial charge is 0.481 e. The van der Waals surface area contributed by atoms with Crippen molar-refractivity contribution in [2.45, 2.75) is 13.0 Å². The van der Waals surface area contributed by atoms with E-state index in [1.54, 1.807) is 13.2 Å². The van der Waals surface area contributed by atoms with Gasteiger partial charge in [-0.3, -0.25) is 4.79 Å². The van der Waals surface area contributed by atoms with Gasteiger partial charge < -0.3 is 14.6 Å². The molecule has 0 spiro atoms. The van der Waals surface area contributed by atoms with Gasteiger partial charge in [-0.05, 0) is 0 Å². The summed E-state index contributed by atoms with van der Waals surface area (Å²) in [7, 11) is 1.56. The molecule has 15 heavy (non-hydrogen) atoms. The summed E-state index contributed by atoms with van der Waals surface area (Å²) in [5.41, 5.74) is 0.692. The van der Waals surface area contributed by atoms with Crippen molar-refractivity contribution in [1.29, 1.82) is 0 Å². The van der Waals surface area contributed by atoms with Gasteiger partial charge >= 0.3 is 5.97 Å². The highest BCUT2D eigenvalue weighted by atomic mass is 16.5. The molecule has 1 heterocycles. The van der Waals surface area contributed by atoms with E-state index in [2.05, 4.69) is 9.97 Å². The minimum atomic E-state index is -0.902. The van der Waals surface area contributed by atoms with Gasteiger partial charge in [-0.15, -0.1) is 0 Å². The third kappa shape index (κ3) is 4.37. The molecule has 1 rings (SSSR count). The van der Waals surface area contributed by atoms with Crippen LogP contribution in [0, 0.1) is 0 Å². The first-order chi connectivity index (χ1) is 7.22. The molecule has 0 aliphatic rings. The number of hydrogen-bond acceptors (Lipinski definition) is 5. The lowest BCUT2D eigenvalue weighted by molar-refractivity contribution is -0.137. The minimum absolute atomic E-state index is 0.0520. The number of aliphatic carboxylic acids is 1. The van der Waals surface area contributed by atoms with Crippen LogP contribution in [-0.2, 0) is 16.1 Å². The number of aromatic nitrogens is 2. The normalized spacial score (nSPS) is 9.93. The lowest BCUT2D eigenvalue weighted by Crippen LogP contribution is -2.06. The van der Waals surface area contributed by atoms with Crippen LogP contribution in [-0.4, -0.2) is 34.8 Å². The summed E-state index contributed by atoms with van der Waals surface area (Å²) in [4.78, 5) is 18.0. The van der Waals surface area contributed by atoms with E-state index in [-0.39, 0.29) is 13.0 Å². The predicted octanol–water partition coefficient (Wildman–Crippen LogP) is 0.477. The molecule has 0 aromatic carbocycles. The molecular formula is C9H12N2O4. The fourth-order valence-corrected chi connectivity index (χ4v) is 0.926. The summed E-state index contributed by atoms with van der Waals surface area (Å²) >= 11 is 0. The SMILES string of the molecule is COCc1cc(OCCC(=O)O)ncn1. The van der Waals surface area contributed by atoms with Crippen LogP contribution >= 0.6 is 0 Å². The van der Waals surface area contributed by atoms with Gasteiger partial charge in [0, 0.05) is 13.2 Å². The van der Waals surface area contributed by atoms with Gasteiger partial charge in [0.1, 0.15) is 12.9 Å². The zero-order valence-electron chi connectivity index (χ0n) is 8.34. The first-order valence-electron chi connectivity index (χ1n) is 4.37. The summed E-state index contributed by atoms with van der Waals surface area (Å²) in [5, 5.41) is 8.40. The van der Waals surface area contributed by atoms with E-state index in [9.17, 15) is 4.79 Å². The van der Waals surface area contributed by atoms with Crippen LogP contribution in [0.3, 0.4) is 0 Å². The van der Waals surface area contributed by atoms with Gasteiger partial charge in [0.15, 0.2) is 0 Å². The molecule has 0 unspecified atom stereocenters. The summed E-state index contributed by atoms with van der Waals surface area (Å²) in [6, 6.07) is 1.62. The molecule has 0 aliphatic carbocycles. The van der Waals surface area contributed by atoms with E-state index in [1.807, 2.05) is 0 Å². The highest BCUT2D eigenvalue weighted by Crippen LogP contribution is 2.07. The van der Waals surface area contributed by atoms with Gasteiger partial charge in [-0.1, -0.05) is 0 Å². The highest BCUT2D eigenvalue weighted by molar-refractivity contribution is 5.66. The zero-order valence-corrected chi connectivity index (χ0v) is 8.34. The van der Waals surface area contributed by atoms with Crippen molar-refractivity contribution in [3.63, 3.8) is 0 Å². The lowest BCUT2D eigenvalue weighted by atomic mass is 10.4. The number of methoxy groups -OCH3 is 1. The predicted molar refractivity (Wildman–Crippen MR) is 50.5 cm³/mol. The maximum absolute atomic E-state index is 10.2. The van der Waals surface area contributed by atoms with Gasteiger partial charge in [-0.25, -0.2) is 9.97 Å². The van der Waals surface area contributed by atoms with Gasteiger partial charge in [-0.2, -0.15) is 0 Å². The monoisotopic (exact) mass is 212 g/mol. The summed E-state index contributed by atoms with van der Waals surface area (Å²) in [6.45, 7) is 0.469. The smallest absolute Gasteiger partial charge is 0.306 e. The standard InChI is InChI=1S/C9H12N2O4/c1-14-5-7-4-8(11-6-10-7)15-3-2-9(12)13/h4,6H,2-3,5H2,1H3,(H,12,13). The van der Waals surface area contributed by atoms with Crippen LogP contribution in [0.1, 0.15) is 12.1 Å². The van der Waals surface area contributed by atoms with E-state index < -0.39 is 5.97 Å². The van der Waals surface area contributed by atoms with Gasteiger partial charge in [0.25, 0.3) is 0 Å². The molecule has 0 saturated heterocycles. The Balaban J connectivity index is 2.46. The number of carboxylic acid groups (broad SMARTS) is 1. The average Bonchev–Trinajstić information content (AvgIpc) is 2.18.